The summed E-state index contributed by atoms with van der Waals surface area (Å²) in [6.07, 6.45) is 10.7. The van der Waals surface area contributed by atoms with Crippen molar-refractivity contribution in [2.24, 2.45) is 11.1 Å². The van der Waals surface area contributed by atoms with Crippen molar-refractivity contribution >= 4 is 5.91 Å². The van der Waals surface area contributed by atoms with Crippen molar-refractivity contribution in [3.63, 3.8) is 0 Å². The molecular weight excluding hydrogens is 216 g/mol. The van der Waals surface area contributed by atoms with Crippen LogP contribution >= 0.6 is 0 Å². The van der Waals surface area contributed by atoms with Gasteiger partial charge in [-0.25, -0.2) is 0 Å². The zero-order valence-electron chi connectivity index (χ0n) is 10.2. The third-order valence-electron chi connectivity index (χ3n) is 3.56. The highest BCUT2D eigenvalue weighted by Gasteiger charge is 2.32. The minimum atomic E-state index is -0.640. The van der Waals surface area contributed by atoms with E-state index in [1.165, 1.54) is 6.42 Å². The van der Waals surface area contributed by atoms with Crippen LogP contribution < -0.4 is 11.1 Å². The second kappa shape index (κ2) is 6.63. The van der Waals surface area contributed by atoms with Crippen molar-refractivity contribution in [1.29, 1.82) is 0 Å². The van der Waals surface area contributed by atoms with Crippen molar-refractivity contribution in [3.05, 3.63) is 0 Å². The van der Waals surface area contributed by atoms with E-state index in [0.29, 0.717) is 6.54 Å². The number of aliphatic hydroxyl groups is 1. The first-order valence-electron chi connectivity index (χ1n) is 6.21. The Morgan fingerprint density at radius 3 is 2.65 bits per heavy atom. The molecule has 1 amide bonds. The van der Waals surface area contributed by atoms with Gasteiger partial charge in [0.15, 0.2) is 0 Å². The molecule has 0 aromatic rings. The SMILES string of the molecule is C#CCC(N)C(=O)NCC1(CO)CCCCC1. The molecule has 1 aliphatic carbocycles. The van der Waals surface area contributed by atoms with Crippen LogP contribution in [0.5, 0.6) is 0 Å². The van der Waals surface area contributed by atoms with Crippen molar-refractivity contribution < 1.29 is 9.90 Å². The van der Waals surface area contributed by atoms with E-state index < -0.39 is 6.04 Å². The predicted molar refractivity (Wildman–Crippen MR) is 67.0 cm³/mol. The molecule has 0 bridgehead atoms. The number of terminal acetylenes is 1. The lowest BCUT2D eigenvalue weighted by atomic mass is 9.74. The number of hydrogen-bond acceptors (Lipinski definition) is 3. The summed E-state index contributed by atoms with van der Waals surface area (Å²) in [5, 5.41) is 12.3. The highest BCUT2D eigenvalue weighted by molar-refractivity contribution is 5.81. The number of nitrogens with one attached hydrogen (secondary N) is 1. The lowest BCUT2D eigenvalue weighted by Gasteiger charge is -2.35. The van der Waals surface area contributed by atoms with Gasteiger partial charge in [-0.1, -0.05) is 19.3 Å². The fourth-order valence-electron chi connectivity index (χ4n) is 2.32. The lowest BCUT2D eigenvalue weighted by Crippen LogP contribution is -2.47. The quantitative estimate of drug-likeness (QED) is 0.607. The van der Waals surface area contributed by atoms with Crippen LogP contribution in [0.3, 0.4) is 0 Å². The molecule has 0 spiro atoms. The number of carbonyl (C=O) groups excluding carboxylic acids is 1. The van der Waals surface area contributed by atoms with E-state index in [1.54, 1.807) is 0 Å². The molecular formula is C13H22N2O2. The number of rotatable bonds is 5. The Morgan fingerprint density at radius 2 is 2.12 bits per heavy atom. The van der Waals surface area contributed by atoms with Crippen molar-refractivity contribution in [1.82, 2.24) is 5.32 Å². The number of carbonyl (C=O) groups is 1. The molecule has 1 unspecified atom stereocenters. The normalized spacial score (nSPS) is 20.3. The van der Waals surface area contributed by atoms with Gasteiger partial charge in [0.2, 0.25) is 5.91 Å². The summed E-state index contributed by atoms with van der Waals surface area (Å²) in [7, 11) is 0. The van der Waals surface area contributed by atoms with Gasteiger partial charge in [0, 0.05) is 18.4 Å². The number of amides is 1. The predicted octanol–water partition coefficient (Wildman–Crippen LogP) is 0.396. The van der Waals surface area contributed by atoms with Crippen LogP contribution in [-0.2, 0) is 4.79 Å². The smallest absolute Gasteiger partial charge is 0.237 e. The first-order chi connectivity index (χ1) is 8.13. The molecule has 96 valence electrons. The molecule has 1 rings (SSSR count). The molecule has 1 saturated carbocycles. The van der Waals surface area contributed by atoms with Crippen molar-refractivity contribution in [2.75, 3.05) is 13.2 Å². The van der Waals surface area contributed by atoms with Gasteiger partial charge in [-0.05, 0) is 12.8 Å². The van der Waals surface area contributed by atoms with Gasteiger partial charge in [0.25, 0.3) is 0 Å². The number of hydrogen-bond donors (Lipinski definition) is 3. The van der Waals surface area contributed by atoms with Gasteiger partial charge in [-0.2, -0.15) is 0 Å². The minimum absolute atomic E-state index is 0.123. The standard InChI is InChI=1S/C13H22N2O2/c1-2-6-11(14)12(17)15-9-13(10-16)7-4-3-5-8-13/h1,11,16H,3-10,14H2,(H,15,17). The largest absolute Gasteiger partial charge is 0.396 e. The van der Waals surface area contributed by atoms with Crippen LogP contribution in [0.2, 0.25) is 0 Å². The van der Waals surface area contributed by atoms with Gasteiger partial charge >= 0.3 is 0 Å². The fourth-order valence-corrected chi connectivity index (χ4v) is 2.32. The van der Waals surface area contributed by atoms with E-state index in [0.717, 1.165) is 25.7 Å². The van der Waals surface area contributed by atoms with Gasteiger partial charge in [-0.15, -0.1) is 12.3 Å². The highest BCUT2D eigenvalue weighted by atomic mass is 16.3. The van der Waals surface area contributed by atoms with E-state index in [4.69, 9.17) is 12.2 Å². The van der Waals surface area contributed by atoms with Crippen LogP contribution in [0.4, 0.5) is 0 Å². The van der Waals surface area contributed by atoms with Crippen LogP contribution in [0, 0.1) is 17.8 Å². The first kappa shape index (κ1) is 14.0. The Balaban J connectivity index is 2.42. The van der Waals surface area contributed by atoms with E-state index in [2.05, 4.69) is 11.2 Å². The van der Waals surface area contributed by atoms with Crippen LogP contribution in [0.1, 0.15) is 38.5 Å². The molecule has 0 heterocycles. The topological polar surface area (TPSA) is 75.4 Å². The average molecular weight is 238 g/mol. The molecule has 1 aliphatic rings. The maximum atomic E-state index is 11.6. The first-order valence-corrected chi connectivity index (χ1v) is 6.21. The Bertz CT molecular complexity index is 290. The second-order valence-corrected chi connectivity index (χ2v) is 4.95. The second-order valence-electron chi connectivity index (χ2n) is 4.95. The lowest BCUT2D eigenvalue weighted by molar-refractivity contribution is -0.123. The van der Waals surface area contributed by atoms with Crippen molar-refractivity contribution in [3.8, 4) is 12.3 Å². The summed E-state index contributed by atoms with van der Waals surface area (Å²) < 4.78 is 0. The van der Waals surface area contributed by atoms with Crippen LogP contribution in [0.15, 0.2) is 0 Å². The maximum Gasteiger partial charge on any atom is 0.237 e. The third-order valence-corrected chi connectivity index (χ3v) is 3.56. The molecule has 0 aromatic heterocycles. The summed E-state index contributed by atoms with van der Waals surface area (Å²) in [5.41, 5.74) is 5.46. The molecule has 0 aliphatic heterocycles. The van der Waals surface area contributed by atoms with E-state index in [9.17, 15) is 9.90 Å². The summed E-state index contributed by atoms with van der Waals surface area (Å²) in [6, 6.07) is -0.640. The van der Waals surface area contributed by atoms with E-state index >= 15 is 0 Å². The molecule has 4 N–H and O–H groups in total. The molecule has 17 heavy (non-hydrogen) atoms. The Morgan fingerprint density at radius 1 is 1.47 bits per heavy atom. The van der Waals surface area contributed by atoms with Crippen LogP contribution in [-0.4, -0.2) is 30.2 Å². The number of nitrogens with two attached hydrogens (primary N) is 1. The molecule has 0 radical (unpaired) electrons. The van der Waals surface area contributed by atoms with Crippen LogP contribution in [0.25, 0.3) is 0 Å². The summed E-state index contributed by atoms with van der Waals surface area (Å²) in [4.78, 5) is 11.6. The average Bonchev–Trinajstić information content (AvgIpc) is 2.37. The third kappa shape index (κ3) is 4.03. The molecule has 1 fully saturated rings. The Labute approximate surface area is 103 Å². The minimum Gasteiger partial charge on any atom is -0.396 e. The number of aliphatic hydroxyl groups excluding tert-OH is 1. The molecule has 1 atom stereocenters. The maximum absolute atomic E-state index is 11.6. The Hall–Kier alpha value is -1.05. The van der Waals surface area contributed by atoms with Gasteiger partial charge in [0.1, 0.15) is 0 Å². The zero-order valence-corrected chi connectivity index (χ0v) is 10.2. The molecule has 4 heteroatoms. The molecule has 0 saturated heterocycles. The van der Waals surface area contributed by atoms with Gasteiger partial charge in [-0.3, -0.25) is 4.79 Å². The summed E-state index contributed by atoms with van der Waals surface area (Å²) >= 11 is 0. The highest BCUT2D eigenvalue weighted by Crippen LogP contribution is 2.35. The Kier molecular flexibility index (Phi) is 5.46. The van der Waals surface area contributed by atoms with E-state index in [1.807, 2.05) is 0 Å². The fraction of sp³-hybridized carbons (Fsp3) is 0.769. The van der Waals surface area contributed by atoms with E-state index in [-0.39, 0.29) is 24.3 Å². The van der Waals surface area contributed by atoms with Crippen molar-refractivity contribution in [2.45, 2.75) is 44.6 Å². The summed E-state index contributed by atoms with van der Waals surface area (Å²) in [5.74, 6) is 2.15. The van der Waals surface area contributed by atoms with Gasteiger partial charge in [0.05, 0.1) is 12.6 Å². The molecule has 0 aromatic carbocycles. The monoisotopic (exact) mass is 238 g/mol. The molecule has 4 nitrogen and oxygen atoms in total. The van der Waals surface area contributed by atoms with Gasteiger partial charge < -0.3 is 16.2 Å². The summed E-state index contributed by atoms with van der Waals surface area (Å²) in [6.45, 7) is 0.623. The zero-order chi connectivity index (χ0) is 12.7.